The normalized spacial score (nSPS) is 25.2. The van der Waals surface area contributed by atoms with Crippen molar-refractivity contribution in [1.82, 2.24) is 0 Å². The van der Waals surface area contributed by atoms with Crippen LogP contribution < -0.4 is 4.74 Å². The lowest BCUT2D eigenvalue weighted by Crippen LogP contribution is -2.45. The molecule has 1 heteroatoms. The number of hydrogen-bond acceptors (Lipinski definition) is 1. The smallest absolute Gasteiger partial charge is 0.124 e. The molecule has 0 amide bonds. The zero-order valence-electron chi connectivity index (χ0n) is 15.5. The predicted octanol–water partition coefficient (Wildman–Crippen LogP) is 6.34. The molecule has 0 saturated heterocycles. The monoisotopic (exact) mass is 312 g/mol. The van der Waals surface area contributed by atoms with E-state index in [9.17, 15) is 0 Å². The molecule has 0 fully saturated rings. The summed E-state index contributed by atoms with van der Waals surface area (Å²) in [5, 5.41) is 0. The fraction of sp³-hybridized carbons (Fsp3) is 0.636. The molecule has 1 aliphatic heterocycles. The second-order valence-corrected chi connectivity index (χ2v) is 8.19. The highest BCUT2D eigenvalue weighted by molar-refractivity contribution is 5.49. The maximum atomic E-state index is 6.52. The van der Waals surface area contributed by atoms with Gasteiger partial charge in [-0.05, 0) is 76.5 Å². The molecule has 3 rings (SSSR count). The van der Waals surface area contributed by atoms with Crippen LogP contribution in [0, 0.1) is 12.8 Å². The zero-order valence-corrected chi connectivity index (χ0v) is 15.5. The molecule has 126 valence electrons. The van der Waals surface area contributed by atoms with Gasteiger partial charge in [0.2, 0.25) is 0 Å². The van der Waals surface area contributed by atoms with E-state index in [1.54, 1.807) is 5.57 Å². The van der Waals surface area contributed by atoms with Crippen LogP contribution in [-0.2, 0) is 6.42 Å². The Bertz CT molecular complexity index is 609. The lowest BCUT2D eigenvalue weighted by atomic mass is 9.66. The van der Waals surface area contributed by atoms with Crippen LogP contribution in [0.1, 0.15) is 82.4 Å². The van der Waals surface area contributed by atoms with Gasteiger partial charge in [0.25, 0.3) is 0 Å². The summed E-state index contributed by atoms with van der Waals surface area (Å²) < 4.78 is 6.52. The molecule has 23 heavy (non-hydrogen) atoms. The molecule has 2 aliphatic rings. The number of fused-ring (bicyclic) bond motifs is 3. The Morgan fingerprint density at radius 1 is 1.17 bits per heavy atom. The number of aryl methyl sites for hydroxylation is 2. The summed E-state index contributed by atoms with van der Waals surface area (Å²) in [5.74, 6) is 2.39. The van der Waals surface area contributed by atoms with Gasteiger partial charge in [0.05, 0.1) is 0 Å². The van der Waals surface area contributed by atoms with Gasteiger partial charge in [-0.2, -0.15) is 0 Å². The SMILES string of the molecule is CCCCCc1cc(C)c2c(c1)OC(C)(C)C1CC=C(C)CC21. The summed E-state index contributed by atoms with van der Waals surface area (Å²) >= 11 is 0. The van der Waals surface area contributed by atoms with E-state index >= 15 is 0 Å². The van der Waals surface area contributed by atoms with Crippen molar-refractivity contribution in [3.63, 3.8) is 0 Å². The van der Waals surface area contributed by atoms with E-state index in [1.807, 2.05) is 0 Å². The maximum absolute atomic E-state index is 6.52. The van der Waals surface area contributed by atoms with Crippen molar-refractivity contribution in [2.45, 2.75) is 84.7 Å². The van der Waals surface area contributed by atoms with Crippen LogP contribution in [0.3, 0.4) is 0 Å². The Hall–Kier alpha value is -1.24. The largest absolute Gasteiger partial charge is 0.487 e. The molecule has 0 bridgehead atoms. The molecule has 1 aromatic rings. The molecule has 0 saturated carbocycles. The predicted molar refractivity (Wildman–Crippen MR) is 98.3 cm³/mol. The number of benzene rings is 1. The highest BCUT2D eigenvalue weighted by atomic mass is 16.5. The summed E-state index contributed by atoms with van der Waals surface area (Å²) in [6.45, 7) is 11.4. The first-order chi connectivity index (χ1) is 10.9. The second kappa shape index (κ2) is 6.34. The number of allylic oxidation sites excluding steroid dienone is 2. The van der Waals surface area contributed by atoms with Crippen LogP contribution in [0.25, 0.3) is 0 Å². The molecule has 0 spiro atoms. The minimum absolute atomic E-state index is 0.0661. The average molecular weight is 312 g/mol. The van der Waals surface area contributed by atoms with E-state index in [1.165, 1.54) is 48.8 Å². The zero-order chi connectivity index (χ0) is 16.6. The summed E-state index contributed by atoms with van der Waals surface area (Å²) in [6.07, 6.45) is 9.83. The highest BCUT2D eigenvalue weighted by Gasteiger charge is 2.44. The molecular weight excluding hydrogens is 280 g/mol. The molecule has 0 N–H and O–H groups in total. The first-order valence-corrected chi connectivity index (χ1v) is 9.40. The fourth-order valence-electron chi connectivity index (χ4n) is 4.62. The third kappa shape index (κ3) is 3.20. The molecule has 1 aromatic carbocycles. The Kier molecular flexibility index (Phi) is 4.58. The van der Waals surface area contributed by atoms with Gasteiger partial charge in [0, 0.05) is 11.5 Å². The van der Waals surface area contributed by atoms with Gasteiger partial charge >= 0.3 is 0 Å². The maximum Gasteiger partial charge on any atom is 0.124 e. The Morgan fingerprint density at radius 3 is 2.70 bits per heavy atom. The van der Waals surface area contributed by atoms with Gasteiger partial charge < -0.3 is 4.74 Å². The van der Waals surface area contributed by atoms with Crippen molar-refractivity contribution in [3.05, 3.63) is 40.5 Å². The van der Waals surface area contributed by atoms with Crippen LogP contribution in [-0.4, -0.2) is 5.60 Å². The number of unbranched alkanes of at least 4 members (excludes halogenated alkanes) is 2. The molecule has 0 aromatic heterocycles. The van der Waals surface area contributed by atoms with E-state index in [2.05, 4.69) is 52.8 Å². The lowest BCUT2D eigenvalue weighted by molar-refractivity contribution is 0.00821. The summed E-state index contributed by atoms with van der Waals surface area (Å²) in [4.78, 5) is 0. The summed E-state index contributed by atoms with van der Waals surface area (Å²) in [5.41, 5.74) is 5.85. The minimum atomic E-state index is -0.0661. The van der Waals surface area contributed by atoms with E-state index < -0.39 is 0 Å². The summed E-state index contributed by atoms with van der Waals surface area (Å²) in [6, 6.07) is 4.75. The first kappa shape index (κ1) is 16.6. The number of ether oxygens (including phenoxy) is 1. The quantitative estimate of drug-likeness (QED) is 0.465. The molecule has 1 heterocycles. The van der Waals surface area contributed by atoms with Crippen LogP contribution in [0.5, 0.6) is 5.75 Å². The molecule has 2 atom stereocenters. The topological polar surface area (TPSA) is 9.23 Å². The minimum Gasteiger partial charge on any atom is -0.487 e. The molecule has 1 aliphatic carbocycles. The van der Waals surface area contributed by atoms with Crippen LogP contribution in [0.2, 0.25) is 0 Å². The summed E-state index contributed by atoms with van der Waals surface area (Å²) in [7, 11) is 0. The molecular formula is C22H32O. The number of rotatable bonds is 4. The lowest BCUT2D eigenvalue weighted by Gasteiger charge is -2.47. The third-order valence-corrected chi connectivity index (χ3v) is 5.86. The molecule has 1 nitrogen and oxygen atoms in total. The molecule has 0 radical (unpaired) electrons. The van der Waals surface area contributed by atoms with Crippen molar-refractivity contribution in [2.24, 2.45) is 5.92 Å². The van der Waals surface area contributed by atoms with Crippen LogP contribution in [0.4, 0.5) is 0 Å². The van der Waals surface area contributed by atoms with E-state index in [0.717, 1.165) is 12.2 Å². The van der Waals surface area contributed by atoms with Gasteiger partial charge in [-0.15, -0.1) is 0 Å². The van der Waals surface area contributed by atoms with Crippen molar-refractivity contribution in [3.8, 4) is 5.75 Å². The first-order valence-electron chi connectivity index (χ1n) is 9.40. The Morgan fingerprint density at radius 2 is 1.96 bits per heavy atom. The van der Waals surface area contributed by atoms with Gasteiger partial charge in [-0.25, -0.2) is 0 Å². The Labute approximate surface area is 142 Å². The second-order valence-electron chi connectivity index (χ2n) is 8.19. The third-order valence-electron chi connectivity index (χ3n) is 5.86. The van der Waals surface area contributed by atoms with Crippen molar-refractivity contribution < 1.29 is 4.74 Å². The van der Waals surface area contributed by atoms with Gasteiger partial charge in [0.15, 0.2) is 0 Å². The van der Waals surface area contributed by atoms with Crippen LogP contribution >= 0.6 is 0 Å². The number of hydrogen-bond donors (Lipinski definition) is 0. The van der Waals surface area contributed by atoms with Gasteiger partial charge in [0.1, 0.15) is 11.4 Å². The van der Waals surface area contributed by atoms with Gasteiger partial charge in [-0.1, -0.05) is 37.5 Å². The van der Waals surface area contributed by atoms with Crippen molar-refractivity contribution >= 4 is 0 Å². The van der Waals surface area contributed by atoms with E-state index in [-0.39, 0.29) is 5.60 Å². The fourth-order valence-corrected chi connectivity index (χ4v) is 4.62. The Balaban J connectivity index is 1.96. The standard InChI is InChI=1S/C22H32O/c1-6-7-8-9-17-13-16(3)21-18-12-15(2)10-11-19(18)22(4,5)23-20(21)14-17/h10,13-14,18-19H,6-9,11-12H2,1-5H3. The molecule has 2 unspecified atom stereocenters. The van der Waals surface area contributed by atoms with Crippen molar-refractivity contribution in [2.75, 3.05) is 0 Å². The highest BCUT2D eigenvalue weighted by Crippen LogP contribution is 2.52. The average Bonchev–Trinajstić information content (AvgIpc) is 2.46. The van der Waals surface area contributed by atoms with E-state index in [4.69, 9.17) is 4.74 Å². The van der Waals surface area contributed by atoms with Crippen LogP contribution in [0.15, 0.2) is 23.8 Å². The van der Waals surface area contributed by atoms with Gasteiger partial charge in [-0.3, -0.25) is 0 Å². The van der Waals surface area contributed by atoms with E-state index in [0.29, 0.717) is 11.8 Å². The van der Waals surface area contributed by atoms with Crippen molar-refractivity contribution in [1.29, 1.82) is 0 Å².